The normalized spacial score (nSPS) is 12.4. The average Bonchev–Trinajstić information content (AvgIpc) is 2.41. The van der Waals surface area contributed by atoms with Gasteiger partial charge in [-0.25, -0.2) is 0 Å². The molecule has 20 heavy (non-hydrogen) atoms. The van der Waals surface area contributed by atoms with Gasteiger partial charge in [-0.05, 0) is 61.3 Å². The van der Waals surface area contributed by atoms with Crippen LogP contribution >= 0.6 is 34.8 Å². The monoisotopic (exact) mass is 327 g/mol. The minimum atomic E-state index is 0.0707. The molecule has 0 aromatic heterocycles. The molecule has 0 saturated carbocycles. The molecule has 0 aliphatic carbocycles. The van der Waals surface area contributed by atoms with Crippen molar-refractivity contribution in [3.05, 3.63) is 68.2 Å². The summed E-state index contributed by atoms with van der Waals surface area (Å²) in [6.07, 6.45) is 0.760. The van der Waals surface area contributed by atoms with Crippen molar-refractivity contribution in [1.82, 2.24) is 5.32 Å². The minimum absolute atomic E-state index is 0.0707. The van der Waals surface area contributed by atoms with Crippen LogP contribution in [0.2, 0.25) is 15.1 Å². The van der Waals surface area contributed by atoms with E-state index in [1.54, 1.807) is 6.07 Å². The Morgan fingerprint density at radius 3 is 2.40 bits per heavy atom. The second kappa shape index (κ2) is 6.82. The summed E-state index contributed by atoms with van der Waals surface area (Å²) < 4.78 is 0. The van der Waals surface area contributed by atoms with Gasteiger partial charge in [-0.2, -0.15) is 0 Å². The molecule has 2 rings (SSSR count). The van der Waals surface area contributed by atoms with Crippen molar-refractivity contribution in [1.29, 1.82) is 0 Å². The first-order chi connectivity index (χ1) is 9.51. The SMILES string of the molecule is CNC(Cc1ccc(C)cc1Cl)c1cc(Cl)ccc1Cl. The maximum atomic E-state index is 6.30. The number of nitrogens with one attached hydrogen (secondary N) is 1. The van der Waals surface area contributed by atoms with Crippen LogP contribution < -0.4 is 5.32 Å². The van der Waals surface area contributed by atoms with Crippen LogP contribution in [-0.4, -0.2) is 7.05 Å². The molecule has 0 heterocycles. The van der Waals surface area contributed by atoms with Crippen LogP contribution in [-0.2, 0) is 6.42 Å². The van der Waals surface area contributed by atoms with Gasteiger partial charge in [0.25, 0.3) is 0 Å². The van der Waals surface area contributed by atoms with E-state index in [1.165, 1.54) is 0 Å². The van der Waals surface area contributed by atoms with Gasteiger partial charge in [0.1, 0.15) is 0 Å². The highest BCUT2D eigenvalue weighted by Crippen LogP contribution is 2.30. The first kappa shape index (κ1) is 15.7. The molecule has 2 aromatic rings. The van der Waals surface area contributed by atoms with E-state index in [0.717, 1.165) is 28.1 Å². The first-order valence-corrected chi connectivity index (χ1v) is 7.52. The predicted octanol–water partition coefficient (Wildman–Crippen LogP) is 5.46. The third-order valence-corrected chi connectivity index (χ3v) is 4.25. The van der Waals surface area contributed by atoms with Crippen molar-refractivity contribution in [3.8, 4) is 0 Å². The Hall–Kier alpha value is -0.730. The fourth-order valence-corrected chi connectivity index (χ4v) is 2.93. The second-order valence-corrected chi connectivity index (χ2v) is 6.06. The van der Waals surface area contributed by atoms with E-state index in [0.29, 0.717) is 10.0 Å². The van der Waals surface area contributed by atoms with Crippen LogP contribution in [0.15, 0.2) is 36.4 Å². The molecule has 4 heteroatoms. The summed E-state index contributed by atoms with van der Waals surface area (Å²) in [5.41, 5.74) is 3.23. The molecule has 0 saturated heterocycles. The van der Waals surface area contributed by atoms with E-state index in [1.807, 2.05) is 32.2 Å². The minimum Gasteiger partial charge on any atom is -0.313 e. The molecule has 1 atom stereocenters. The van der Waals surface area contributed by atoms with Crippen LogP contribution in [0.3, 0.4) is 0 Å². The van der Waals surface area contributed by atoms with Crippen molar-refractivity contribution in [2.75, 3.05) is 7.05 Å². The molecule has 0 aliphatic heterocycles. The Bertz CT molecular complexity index is 611. The Kier molecular flexibility index (Phi) is 5.34. The van der Waals surface area contributed by atoms with Gasteiger partial charge in [-0.15, -0.1) is 0 Å². The summed E-state index contributed by atoms with van der Waals surface area (Å²) in [4.78, 5) is 0. The van der Waals surface area contributed by atoms with Crippen LogP contribution in [0.4, 0.5) is 0 Å². The molecule has 0 bridgehead atoms. The highest BCUT2D eigenvalue weighted by molar-refractivity contribution is 6.33. The fourth-order valence-electron chi connectivity index (χ4n) is 2.19. The Labute approximate surface area is 134 Å². The number of rotatable bonds is 4. The number of hydrogen-bond donors (Lipinski definition) is 1. The molecule has 0 fully saturated rings. The number of benzene rings is 2. The number of aryl methyl sites for hydroxylation is 1. The van der Waals surface area contributed by atoms with Crippen molar-refractivity contribution in [2.45, 2.75) is 19.4 Å². The average molecular weight is 329 g/mol. The van der Waals surface area contributed by atoms with Crippen molar-refractivity contribution >= 4 is 34.8 Å². The van der Waals surface area contributed by atoms with Crippen LogP contribution in [0.5, 0.6) is 0 Å². The molecule has 106 valence electrons. The maximum Gasteiger partial charge on any atom is 0.0454 e. The third-order valence-electron chi connectivity index (χ3n) is 3.31. The Morgan fingerprint density at radius 1 is 1.00 bits per heavy atom. The largest absolute Gasteiger partial charge is 0.313 e. The van der Waals surface area contributed by atoms with Gasteiger partial charge in [0.15, 0.2) is 0 Å². The van der Waals surface area contributed by atoms with Gasteiger partial charge in [0, 0.05) is 21.1 Å². The lowest BCUT2D eigenvalue weighted by molar-refractivity contribution is 0.592. The second-order valence-electron chi connectivity index (χ2n) is 4.81. The fraction of sp³-hybridized carbons (Fsp3) is 0.250. The lowest BCUT2D eigenvalue weighted by atomic mass is 9.98. The summed E-state index contributed by atoms with van der Waals surface area (Å²) >= 11 is 18.6. The maximum absolute atomic E-state index is 6.30. The smallest absolute Gasteiger partial charge is 0.0454 e. The topological polar surface area (TPSA) is 12.0 Å². The molecule has 0 aliphatic rings. The van der Waals surface area contributed by atoms with E-state index in [-0.39, 0.29) is 6.04 Å². The van der Waals surface area contributed by atoms with Gasteiger partial charge >= 0.3 is 0 Å². The molecule has 0 amide bonds. The van der Waals surface area contributed by atoms with Gasteiger partial charge in [0.2, 0.25) is 0 Å². The van der Waals surface area contributed by atoms with E-state index in [2.05, 4.69) is 17.4 Å². The van der Waals surface area contributed by atoms with Crippen molar-refractivity contribution in [2.24, 2.45) is 0 Å². The first-order valence-electron chi connectivity index (χ1n) is 6.38. The van der Waals surface area contributed by atoms with E-state index < -0.39 is 0 Å². The number of hydrogen-bond acceptors (Lipinski definition) is 1. The third kappa shape index (κ3) is 3.67. The zero-order chi connectivity index (χ0) is 14.7. The summed E-state index contributed by atoms with van der Waals surface area (Å²) in [6, 6.07) is 11.7. The molecular weight excluding hydrogens is 313 g/mol. The number of likely N-dealkylation sites (N-methyl/N-ethyl adjacent to an activating group) is 1. The Morgan fingerprint density at radius 2 is 1.75 bits per heavy atom. The predicted molar refractivity (Wildman–Crippen MR) is 88.2 cm³/mol. The molecule has 1 N–H and O–H groups in total. The molecular formula is C16H16Cl3N. The van der Waals surface area contributed by atoms with Gasteiger partial charge in [0.05, 0.1) is 0 Å². The standard InChI is InChI=1S/C16H16Cl3N/c1-10-3-4-11(15(19)7-10)8-16(20-2)13-9-12(17)5-6-14(13)18/h3-7,9,16,20H,8H2,1-2H3. The van der Waals surface area contributed by atoms with Gasteiger partial charge < -0.3 is 5.32 Å². The van der Waals surface area contributed by atoms with Crippen LogP contribution in [0, 0.1) is 6.92 Å². The molecule has 0 spiro atoms. The quantitative estimate of drug-likeness (QED) is 0.786. The van der Waals surface area contributed by atoms with Crippen molar-refractivity contribution < 1.29 is 0 Å². The zero-order valence-corrected chi connectivity index (χ0v) is 13.7. The zero-order valence-electron chi connectivity index (χ0n) is 11.4. The molecule has 1 unspecified atom stereocenters. The van der Waals surface area contributed by atoms with Gasteiger partial charge in [-0.3, -0.25) is 0 Å². The number of halogens is 3. The Balaban J connectivity index is 2.31. The van der Waals surface area contributed by atoms with Gasteiger partial charge in [-0.1, -0.05) is 46.9 Å². The lowest BCUT2D eigenvalue weighted by Crippen LogP contribution is -2.19. The summed E-state index contributed by atoms with van der Waals surface area (Å²) in [5, 5.41) is 5.44. The molecule has 0 radical (unpaired) electrons. The molecule has 2 aromatic carbocycles. The van der Waals surface area contributed by atoms with E-state index >= 15 is 0 Å². The van der Waals surface area contributed by atoms with E-state index in [4.69, 9.17) is 34.8 Å². The highest BCUT2D eigenvalue weighted by atomic mass is 35.5. The summed E-state index contributed by atoms with van der Waals surface area (Å²) in [7, 11) is 1.91. The highest BCUT2D eigenvalue weighted by Gasteiger charge is 2.15. The summed E-state index contributed by atoms with van der Waals surface area (Å²) in [6.45, 7) is 2.03. The summed E-state index contributed by atoms with van der Waals surface area (Å²) in [5.74, 6) is 0. The van der Waals surface area contributed by atoms with Crippen LogP contribution in [0.25, 0.3) is 0 Å². The van der Waals surface area contributed by atoms with E-state index in [9.17, 15) is 0 Å². The van der Waals surface area contributed by atoms with Crippen LogP contribution in [0.1, 0.15) is 22.7 Å². The molecule has 1 nitrogen and oxygen atoms in total. The van der Waals surface area contributed by atoms with Crippen molar-refractivity contribution in [3.63, 3.8) is 0 Å². The lowest BCUT2D eigenvalue weighted by Gasteiger charge is -2.19.